The minimum absolute atomic E-state index is 0.0583. The Morgan fingerprint density at radius 3 is 2.92 bits per heavy atom. The average Bonchev–Trinajstić information content (AvgIpc) is 2.17. The number of pyridine rings is 1. The number of carbonyl (C=O) groups is 1. The average molecular weight is 161 g/mol. The van der Waals surface area contributed by atoms with Crippen molar-refractivity contribution in [3.8, 4) is 0 Å². The molecule has 4 nitrogen and oxygen atoms in total. The summed E-state index contributed by atoms with van der Waals surface area (Å²) in [5.41, 5.74) is 8.80. The Balaban J connectivity index is 3.02. The Kier molecular flexibility index (Phi) is 2.46. The van der Waals surface area contributed by atoms with Crippen molar-refractivity contribution in [2.24, 2.45) is 0 Å². The van der Waals surface area contributed by atoms with Crippen LogP contribution < -0.4 is 0 Å². The van der Waals surface area contributed by atoms with Gasteiger partial charge in [0, 0.05) is 24.9 Å². The highest BCUT2D eigenvalue weighted by Gasteiger charge is 2.15. The zero-order chi connectivity index (χ0) is 8.97. The third kappa shape index (κ3) is 1.62. The van der Waals surface area contributed by atoms with E-state index in [9.17, 15) is 4.79 Å². The van der Waals surface area contributed by atoms with Crippen LogP contribution in [0, 0.1) is 0 Å². The summed E-state index contributed by atoms with van der Waals surface area (Å²) in [5.74, 6) is -0.314. The molecular formula is C8H7N3O. The van der Waals surface area contributed by atoms with E-state index in [0.29, 0.717) is 5.56 Å². The lowest BCUT2D eigenvalue weighted by Gasteiger charge is -1.90. The molecule has 0 bridgehead atoms. The molecule has 1 rings (SSSR count). The first kappa shape index (κ1) is 8.30. The second-order valence-corrected chi connectivity index (χ2v) is 2.26. The van der Waals surface area contributed by atoms with Crippen LogP contribution in [-0.2, 0) is 0 Å². The van der Waals surface area contributed by atoms with Crippen LogP contribution in [0.25, 0.3) is 5.53 Å². The van der Waals surface area contributed by atoms with Crippen LogP contribution in [0.4, 0.5) is 0 Å². The van der Waals surface area contributed by atoms with E-state index in [1.54, 1.807) is 18.3 Å². The van der Waals surface area contributed by atoms with E-state index in [2.05, 4.69) is 9.77 Å². The highest BCUT2D eigenvalue weighted by molar-refractivity contribution is 6.43. The van der Waals surface area contributed by atoms with E-state index in [1.165, 1.54) is 13.1 Å². The van der Waals surface area contributed by atoms with Gasteiger partial charge in [-0.1, -0.05) is 0 Å². The van der Waals surface area contributed by atoms with Crippen LogP contribution in [-0.4, -0.2) is 21.3 Å². The second kappa shape index (κ2) is 3.55. The molecule has 4 heteroatoms. The smallest absolute Gasteiger partial charge is 0.336 e. The van der Waals surface area contributed by atoms with Gasteiger partial charge >= 0.3 is 5.71 Å². The topological polar surface area (TPSA) is 66.4 Å². The van der Waals surface area contributed by atoms with Gasteiger partial charge in [0.25, 0.3) is 5.78 Å². The third-order valence-corrected chi connectivity index (χ3v) is 1.40. The van der Waals surface area contributed by atoms with Crippen molar-refractivity contribution in [1.82, 2.24) is 4.98 Å². The molecule has 0 atom stereocenters. The van der Waals surface area contributed by atoms with Crippen molar-refractivity contribution in [2.45, 2.75) is 6.92 Å². The highest BCUT2D eigenvalue weighted by atomic mass is 16.1. The third-order valence-electron chi connectivity index (χ3n) is 1.40. The van der Waals surface area contributed by atoms with Gasteiger partial charge in [-0.05, 0) is 12.1 Å². The maximum absolute atomic E-state index is 11.2. The fraction of sp³-hybridized carbons (Fsp3) is 0.125. The normalized spacial score (nSPS) is 8.75. The minimum atomic E-state index is -0.314. The van der Waals surface area contributed by atoms with Crippen LogP contribution >= 0.6 is 0 Å². The van der Waals surface area contributed by atoms with Crippen LogP contribution in [0.2, 0.25) is 0 Å². The molecule has 0 radical (unpaired) electrons. The summed E-state index contributed by atoms with van der Waals surface area (Å²) >= 11 is 0. The van der Waals surface area contributed by atoms with Crippen LogP contribution in [0.15, 0.2) is 24.5 Å². The van der Waals surface area contributed by atoms with E-state index in [0.717, 1.165) is 0 Å². The molecule has 0 spiro atoms. The van der Waals surface area contributed by atoms with Gasteiger partial charge < -0.3 is 5.53 Å². The number of rotatable bonds is 2. The molecule has 0 unspecified atom stereocenters. The molecule has 0 aromatic carbocycles. The lowest BCUT2D eigenvalue weighted by molar-refractivity contribution is -0.00678. The molecule has 1 aromatic rings. The lowest BCUT2D eigenvalue weighted by Crippen LogP contribution is -2.11. The molecule has 0 saturated heterocycles. The van der Waals surface area contributed by atoms with E-state index in [-0.39, 0.29) is 11.5 Å². The van der Waals surface area contributed by atoms with Gasteiger partial charge in [-0.25, -0.2) is 0 Å². The first-order valence-corrected chi connectivity index (χ1v) is 3.39. The summed E-state index contributed by atoms with van der Waals surface area (Å²) < 4.78 is 0. The van der Waals surface area contributed by atoms with Crippen molar-refractivity contribution in [2.75, 3.05) is 0 Å². The second-order valence-electron chi connectivity index (χ2n) is 2.26. The van der Waals surface area contributed by atoms with Gasteiger partial charge in [-0.3, -0.25) is 9.78 Å². The number of carbonyl (C=O) groups excluding carboxylic acids is 1. The predicted octanol–water partition coefficient (Wildman–Crippen LogP) is 0.955. The predicted molar refractivity (Wildman–Crippen MR) is 42.9 cm³/mol. The van der Waals surface area contributed by atoms with Gasteiger partial charge in [0.15, 0.2) is 0 Å². The molecule has 1 aromatic heterocycles. The van der Waals surface area contributed by atoms with Crippen LogP contribution in [0.1, 0.15) is 17.3 Å². The van der Waals surface area contributed by atoms with Crippen molar-refractivity contribution in [1.29, 1.82) is 0 Å². The lowest BCUT2D eigenvalue weighted by atomic mass is 10.1. The number of ketones is 1. The van der Waals surface area contributed by atoms with Crippen molar-refractivity contribution in [3.05, 3.63) is 35.6 Å². The van der Waals surface area contributed by atoms with Crippen LogP contribution in [0.5, 0.6) is 0 Å². The molecule has 0 aliphatic rings. The summed E-state index contributed by atoms with van der Waals surface area (Å²) in [6.45, 7) is 1.44. The van der Waals surface area contributed by atoms with E-state index in [1.807, 2.05) is 0 Å². The molecule has 60 valence electrons. The van der Waals surface area contributed by atoms with Gasteiger partial charge in [0.2, 0.25) is 0 Å². The Morgan fingerprint density at radius 1 is 1.67 bits per heavy atom. The summed E-state index contributed by atoms with van der Waals surface area (Å²) in [5, 5.41) is 0. The molecule has 0 amide bonds. The zero-order valence-corrected chi connectivity index (χ0v) is 6.56. The largest absolute Gasteiger partial charge is 0.361 e. The molecule has 0 aliphatic heterocycles. The SMILES string of the molecule is CC(=[N+]=[N-])C(=O)c1cccnc1. The summed E-state index contributed by atoms with van der Waals surface area (Å²) in [7, 11) is 0. The minimum Gasteiger partial charge on any atom is -0.361 e. The molecular weight excluding hydrogens is 154 g/mol. The maximum atomic E-state index is 11.2. The van der Waals surface area contributed by atoms with E-state index >= 15 is 0 Å². The molecule has 0 fully saturated rings. The fourth-order valence-electron chi connectivity index (χ4n) is 0.751. The summed E-state index contributed by atoms with van der Waals surface area (Å²) in [6.07, 6.45) is 3.00. The molecule has 12 heavy (non-hydrogen) atoms. The van der Waals surface area contributed by atoms with Crippen molar-refractivity contribution >= 4 is 11.5 Å². The summed E-state index contributed by atoms with van der Waals surface area (Å²) in [6, 6.07) is 3.27. The van der Waals surface area contributed by atoms with Crippen molar-refractivity contribution < 1.29 is 9.58 Å². The monoisotopic (exact) mass is 161 g/mol. The first-order valence-electron chi connectivity index (χ1n) is 3.39. The number of nitrogens with zero attached hydrogens (tertiary/aromatic N) is 3. The van der Waals surface area contributed by atoms with Crippen molar-refractivity contribution in [3.63, 3.8) is 0 Å². The zero-order valence-electron chi connectivity index (χ0n) is 6.56. The fourth-order valence-corrected chi connectivity index (χ4v) is 0.751. The van der Waals surface area contributed by atoms with Crippen LogP contribution in [0.3, 0.4) is 0 Å². The Labute approximate surface area is 69.5 Å². The number of hydrogen-bond donors (Lipinski definition) is 0. The van der Waals surface area contributed by atoms with Gasteiger partial charge in [-0.15, -0.1) is 0 Å². The molecule has 1 heterocycles. The first-order chi connectivity index (χ1) is 5.75. The maximum Gasteiger partial charge on any atom is 0.336 e. The molecule has 0 aliphatic carbocycles. The van der Waals surface area contributed by atoms with E-state index < -0.39 is 0 Å². The number of Topliss-reactive ketones (excluding diaryl/α,β-unsaturated/α-hetero) is 1. The quantitative estimate of drug-likeness (QED) is 0.280. The Bertz CT molecular complexity index is 339. The van der Waals surface area contributed by atoms with Gasteiger partial charge in [0.1, 0.15) is 0 Å². The standard InChI is InChI=1S/C8H7N3O/c1-6(11-9)8(12)7-3-2-4-10-5-7/h2-5H,1H3. The summed E-state index contributed by atoms with van der Waals surface area (Å²) in [4.78, 5) is 17.8. The number of hydrogen-bond acceptors (Lipinski definition) is 2. The van der Waals surface area contributed by atoms with Gasteiger partial charge in [0.05, 0.1) is 0 Å². The number of aromatic nitrogens is 1. The van der Waals surface area contributed by atoms with Gasteiger partial charge in [-0.2, -0.15) is 4.79 Å². The molecule has 0 saturated carbocycles. The highest BCUT2D eigenvalue weighted by Crippen LogP contribution is 1.97. The molecule has 0 N–H and O–H groups in total. The van der Waals surface area contributed by atoms with E-state index in [4.69, 9.17) is 5.53 Å². The Hall–Kier alpha value is -1.80. The Morgan fingerprint density at radius 2 is 2.42 bits per heavy atom.